The number of hydrogen-bond donors (Lipinski definition) is 0. The van der Waals surface area contributed by atoms with Crippen LogP contribution in [-0.2, 0) is 9.53 Å². The zero-order valence-electron chi connectivity index (χ0n) is 14.1. The lowest BCUT2D eigenvalue weighted by atomic mass is 9.44. The molecule has 0 aromatic heterocycles. The monoisotopic (exact) mass is 290 g/mol. The summed E-state index contributed by atoms with van der Waals surface area (Å²) in [5, 5.41) is 0. The van der Waals surface area contributed by atoms with Crippen molar-refractivity contribution in [2.75, 3.05) is 0 Å². The highest BCUT2D eigenvalue weighted by Gasteiger charge is 2.61. The first-order valence-corrected chi connectivity index (χ1v) is 8.64. The van der Waals surface area contributed by atoms with Crippen molar-refractivity contribution in [2.24, 2.45) is 29.1 Å². The van der Waals surface area contributed by atoms with Crippen LogP contribution < -0.4 is 0 Å². The third kappa shape index (κ3) is 2.26. The van der Waals surface area contributed by atoms with Gasteiger partial charge in [-0.15, -0.1) is 0 Å². The predicted molar refractivity (Wildman–Crippen MR) is 84.8 cm³/mol. The number of esters is 1. The molecule has 0 N–H and O–H groups in total. The van der Waals surface area contributed by atoms with E-state index < -0.39 is 0 Å². The second kappa shape index (κ2) is 4.86. The van der Waals surface area contributed by atoms with Crippen LogP contribution in [0.4, 0.5) is 0 Å². The first-order valence-electron chi connectivity index (χ1n) is 8.64. The molecule has 0 aromatic carbocycles. The van der Waals surface area contributed by atoms with Gasteiger partial charge in [0, 0.05) is 11.0 Å². The van der Waals surface area contributed by atoms with E-state index in [9.17, 15) is 4.79 Å². The van der Waals surface area contributed by atoms with Gasteiger partial charge in [-0.3, -0.25) is 0 Å². The molecular weight excluding hydrogens is 260 g/mol. The van der Waals surface area contributed by atoms with Crippen molar-refractivity contribution in [3.05, 3.63) is 12.2 Å². The molecule has 0 spiro atoms. The minimum atomic E-state index is -0.348. The summed E-state index contributed by atoms with van der Waals surface area (Å²) in [5.74, 6) is 2.76. The molecule has 0 amide bonds. The molecule has 4 aliphatic carbocycles. The number of ether oxygens (including phenoxy) is 1. The number of carbonyl (C=O) groups is 1. The maximum atomic E-state index is 12.2. The van der Waals surface area contributed by atoms with E-state index in [1.54, 1.807) is 6.92 Å². The summed E-state index contributed by atoms with van der Waals surface area (Å²) >= 11 is 0. The fraction of sp³-hybridized carbons (Fsp3) is 0.842. The molecule has 0 heterocycles. The molecule has 0 radical (unpaired) electrons. The zero-order chi connectivity index (χ0) is 15.4. The smallest absolute Gasteiger partial charge is 0.333 e. The van der Waals surface area contributed by atoms with Crippen molar-refractivity contribution < 1.29 is 9.53 Å². The number of rotatable bonds is 4. The van der Waals surface area contributed by atoms with Crippen molar-refractivity contribution in [3.8, 4) is 0 Å². The maximum absolute atomic E-state index is 12.2. The van der Waals surface area contributed by atoms with Gasteiger partial charge in [0.25, 0.3) is 0 Å². The lowest BCUT2D eigenvalue weighted by molar-refractivity contribution is -0.214. The molecule has 4 fully saturated rings. The van der Waals surface area contributed by atoms with Crippen molar-refractivity contribution in [1.29, 1.82) is 0 Å². The Morgan fingerprint density at radius 2 is 1.57 bits per heavy atom. The Morgan fingerprint density at radius 3 is 1.90 bits per heavy atom. The zero-order valence-corrected chi connectivity index (χ0v) is 14.1. The van der Waals surface area contributed by atoms with Gasteiger partial charge >= 0.3 is 5.97 Å². The molecule has 0 aliphatic heterocycles. The SMILES string of the molecule is C=C(C)C(=O)OC(C)(C(C)C)C12CC3CC(CC(C3)C1)C2. The lowest BCUT2D eigenvalue weighted by Crippen LogP contribution is -2.60. The van der Waals surface area contributed by atoms with E-state index in [-0.39, 0.29) is 17.0 Å². The lowest BCUT2D eigenvalue weighted by Gasteiger charge is -2.63. The Bertz CT molecular complexity index is 427. The van der Waals surface area contributed by atoms with Crippen LogP contribution in [0.25, 0.3) is 0 Å². The normalized spacial score (nSPS) is 40.1. The highest BCUT2D eigenvalue weighted by molar-refractivity contribution is 5.87. The molecule has 0 aromatic rings. The van der Waals surface area contributed by atoms with Crippen LogP contribution in [0.2, 0.25) is 0 Å². The standard InChI is InChI=1S/C19H30O2/c1-12(2)17(20)21-18(5,13(3)4)19-9-14-6-15(10-19)8-16(7-14)11-19/h13-16H,1,6-11H2,2-5H3. The average molecular weight is 290 g/mol. The molecule has 4 saturated carbocycles. The van der Waals surface area contributed by atoms with E-state index in [2.05, 4.69) is 27.4 Å². The summed E-state index contributed by atoms with van der Waals surface area (Å²) in [6, 6.07) is 0. The third-order valence-electron chi connectivity index (χ3n) is 6.85. The molecule has 21 heavy (non-hydrogen) atoms. The van der Waals surface area contributed by atoms with Crippen molar-refractivity contribution in [2.45, 2.75) is 71.8 Å². The molecule has 1 unspecified atom stereocenters. The third-order valence-corrected chi connectivity index (χ3v) is 6.85. The maximum Gasteiger partial charge on any atom is 0.333 e. The topological polar surface area (TPSA) is 26.3 Å². The molecule has 0 saturated heterocycles. The highest BCUT2D eigenvalue weighted by Crippen LogP contribution is 2.65. The molecule has 2 heteroatoms. The summed E-state index contributed by atoms with van der Waals surface area (Å²) < 4.78 is 6.11. The van der Waals surface area contributed by atoms with Crippen LogP contribution in [0, 0.1) is 29.1 Å². The summed E-state index contributed by atoms with van der Waals surface area (Å²) in [6.07, 6.45) is 8.04. The van der Waals surface area contributed by atoms with Gasteiger partial charge in [-0.05, 0) is 76.0 Å². The van der Waals surface area contributed by atoms with E-state index >= 15 is 0 Å². The summed E-state index contributed by atoms with van der Waals surface area (Å²) in [6.45, 7) is 12.1. The summed E-state index contributed by atoms with van der Waals surface area (Å²) in [4.78, 5) is 12.2. The van der Waals surface area contributed by atoms with Crippen LogP contribution in [0.5, 0.6) is 0 Å². The van der Waals surface area contributed by atoms with Crippen LogP contribution in [0.15, 0.2) is 12.2 Å². The van der Waals surface area contributed by atoms with E-state index in [0.29, 0.717) is 11.5 Å². The van der Waals surface area contributed by atoms with Gasteiger partial charge < -0.3 is 4.74 Å². The van der Waals surface area contributed by atoms with Crippen LogP contribution in [-0.4, -0.2) is 11.6 Å². The minimum Gasteiger partial charge on any atom is -0.455 e. The Balaban J connectivity index is 1.93. The van der Waals surface area contributed by atoms with Crippen LogP contribution in [0.3, 0.4) is 0 Å². The summed E-state index contributed by atoms with van der Waals surface area (Å²) in [5.41, 5.74) is 0.381. The second-order valence-corrected chi connectivity index (χ2v) is 8.63. The molecule has 1 atom stereocenters. The Morgan fingerprint density at radius 1 is 1.14 bits per heavy atom. The quantitative estimate of drug-likeness (QED) is 0.552. The molecule has 2 nitrogen and oxygen atoms in total. The number of hydrogen-bond acceptors (Lipinski definition) is 2. The van der Waals surface area contributed by atoms with Gasteiger partial charge in [-0.2, -0.15) is 0 Å². The highest BCUT2D eigenvalue weighted by atomic mass is 16.6. The second-order valence-electron chi connectivity index (χ2n) is 8.63. The van der Waals surface area contributed by atoms with Crippen molar-refractivity contribution in [3.63, 3.8) is 0 Å². The predicted octanol–water partition coefficient (Wildman–Crippen LogP) is 4.74. The van der Waals surface area contributed by atoms with Gasteiger partial charge in [-0.25, -0.2) is 4.79 Å². The van der Waals surface area contributed by atoms with Crippen LogP contribution in [0.1, 0.15) is 66.2 Å². The first-order chi connectivity index (χ1) is 9.76. The van der Waals surface area contributed by atoms with Crippen molar-refractivity contribution in [1.82, 2.24) is 0 Å². The minimum absolute atomic E-state index is 0.207. The van der Waals surface area contributed by atoms with Gasteiger partial charge in [-0.1, -0.05) is 20.4 Å². The molecular formula is C19H30O2. The largest absolute Gasteiger partial charge is 0.455 e. The van der Waals surface area contributed by atoms with Gasteiger partial charge in [0.1, 0.15) is 5.60 Å². The van der Waals surface area contributed by atoms with Gasteiger partial charge in [0.05, 0.1) is 0 Å². The molecule has 4 aliphatic rings. The van der Waals surface area contributed by atoms with Gasteiger partial charge in [0.15, 0.2) is 0 Å². The van der Waals surface area contributed by atoms with Crippen molar-refractivity contribution >= 4 is 5.97 Å². The molecule has 4 rings (SSSR count). The van der Waals surface area contributed by atoms with E-state index in [1.807, 2.05) is 0 Å². The Kier molecular flexibility index (Phi) is 3.50. The fourth-order valence-electron chi connectivity index (χ4n) is 5.84. The van der Waals surface area contributed by atoms with E-state index in [1.165, 1.54) is 38.5 Å². The Labute approximate surface area is 129 Å². The molecule has 4 bridgehead atoms. The van der Waals surface area contributed by atoms with E-state index in [4.69, 9.17) is 4.74 Å². The van der Waals surface area contributed by atoms with Gasteiger partial charge in [0.2, 0.25) is 0 Å². The number of carbonyl (C=O) groups excluding carboxylic acids is 1. The molecule has 118 valence electrons. The fourth-order valence-corrected chi connectivity index (χ4v) is 5.84. The first kappa shape index (κ1) is 15.1. The van der Waals surface area contributed by atoms with Crippen LogP contribution >= 0.6 is 0 Å². The summed E-state index contributed by atoms with van der Waals surface area (Å²) in [7, 11) is 0. The van der Waals surface area contributed by atoms with E-state index in [0.717, 1.165) is 17.8 Å². The Hall–Kier alpha value is -0.790. The average Bonchev–Trinajstić information content (AvgIpc) is 2.36.